The maximum absolute atomic E-state index is 11.5. The van der Waals surface area contributed by atoms with Gasteiger partial charge in [-0.15, -0.1) is 0 Å². The van der Waals surface area contributed by atoms with E-state index in [2.05, 4.69) is 0 Å². The number of rotatable bonds is 5. The van der Waals surface area contributed by atoms with E-state index >= 15 is 0 Å². The fraction of sp³-hybridized carbons (Fsp3) is 0.462. The Labute approximate surface area is 106 Å². The molecule has 0 amide bonds. The minimum atomic E-state index is -0.771. The third kappa shape index (κ3) is 4.25. The molecule has 0 saturated heterocycles. The molecule has 0 bridgehead atoms. The standard InChI is InChI=1S/C13H19NO4/c1-8(2)7-18-13(17)10(14)5-9-3-4-11(15)12(16)6-9/h3-4,6,8,10,15-16H,5,7,14H2,1-2H3. The molecule has 0 aliphatic rings. The van der Waals surface area contributed by atoms with Crippen LogP contribution in [0.4, 0.5) is 0 Å². The number of hydrogen-bond acceptors (Lipinski definition) is 5. The zero-order valence-corrected chi connectivity index (χ0v) is 10.6. The first-order valence-corrected chi connectivity index (χ1v) is 5.83. The molecule has 0 radical (unpaired) electrons. The normalized spacial score (nSPS) is 12.4. The number of benzene rings is 1. The molecule has 1 aromatic rings. The molecule has 0 aromatic heterocycles. The van der Waals surface area contributed by atoms with Crippen molar-refractivity contribution in [3.05, 3.63) is 23.8 Å². The number of phenolic OH excluding ortho intramolecular Hbond substituents is 2. The third-order valence-electron chi connectivity index (χ3n) is 2.36. The zero-order chi connectivity index (χ0) is 13.7. The quantitative estimate of drug-likeness (QED) is 0.541. The van der Waals surface area contributed by atoms with Gasteiger partial charge in [-0.25, -0.2) is 0 Å². The predicted molar refractivity (Wildman–Crippen MR) is 67.2 cm³/mol. The lowest BCUT2D eigenvalue weighted by Gasteiger charge is -2.13. The van der Waals surface area contributed by atoms with E-state index in [9.17, 15) is 9.90 Å². The van der Waals surface area contributed by atoms with Crippen LogP contribution in [0.2, 0.25) is 0 Å². The zero-order valence-electron chi connectivity index (χ0n) is 10.6. The summed E-state index contributed by atoms with van der Waals surface area (Å²) in [6, 6.07) is 3.57. The lowest BCUT2D eigenvalue weighted by molar-refractivity contribution is -0.146. The molecule has 0 spiro atoms. The second kappa shape index (κ2) is 6.26. The summed E-state index contributed by atoms with van der Waals surface area (Å²) in [6.07, 6.45) is 0.255. The minimum Gasteiger partial charge on any atom is -0.504 e. The van der Waals surface area contributed by atoms with Crippen LogP contribution in [0.1, 0.15) is 19.4 Å². The van der Waals surface area contributed by atoms with Crippen LogP contribution < -0.4 is 5.73 Å². The first-order chi connectivity index (χ1) is 8.40. The SMILES string of the molecule is CC(C)COC(=O)C(N)Cc1ccc(O)c(O)c1. The highest BCUT2D eigenvalue weighted by molar-refractivity contribution is 5.75. The molecule has 5 nitrogen and oxygen atoms in total. The van der Waals surface area contributed by atoms with Crippen molar-refractivity contribution < 1.29 is 19.7 Å². The molecule has 18 heavy (non-hydrogen) atoms. The van der Waals surface area contributed by atoms with E-state index in [0.717, 1.165) is 0 Å². The smallest absolute Gasteiger partial charge is 0.323 e. The van der Waals surface area contributed by atoms with Gasteiger partial charge < -0.3 is 20.7 Å². The molecule has 1 rings (SSSR count). The summed E-state index contributed by atoms with van der Waals surface area (Å²) < 4.78 is 5.02. The molecule has 5 heteroatoms. The molecule has 0 aliphatic carbocycles. The average Bonchev–Trinajstić information content (AvgIpc) is 2.30. The minimum absolute atomic E-state index is 0.199. The summed E-state index contributed by atoms with van der Waals surface area (Å²) >= 11 is 0. The monoisotopic (exact) mass is 253 g/mol. The molecule has 0 aliphatic heterocycles. The summed E-state index contributed by atoms with van der Waals surface area (Å²) in [5.74, 6) is -0.625. The van der Waals surface area contributed by atoms with Gasteiger partial charge in [-0.05, 0) is 30.0 Å². The van der Waals surface area contributed by atoms with Crippen LogP contribution in [0.3, 0.4) is 0 Å². The molecule has 1 atom stereocenters. The summed E-state index contributed by atoms with van der Waals surface area (Å²) in [5.41, 5.74) is 6.37. The van der Waals surface area contributed by atoms with E-state index in [4.69, 9.17) is 15.6 Å². The highest BCUT2D eigenvalue weighted by Crippen LogP contribution is 2.25. The van der Waals surface area contributed by atoms with Gasteiger partial charge in [0.1, 0.15) is 6.04 Å². The molecule has 1 unspecified atom stereocenters. The van der Waals surface area contributed by atoms with Crippen molar-refractivity contribution >= 4 is 5.97 Å². The second-order valence-electron chi connectivity index (χ2n) is 4.66. The van der Waals surface area contributed by atoms with Crippen LogP contribution in [0.5, 0.6) is 11.5 Å². The lowest BCUT2D eigenvalue weighted by Crippen LogP contribution is -2.35. The maximum Gasteiger partial charge on any atom is 0.323 e. The maximum atomic E-state index is 11.5. The molecule has 4 N–H and O–H groups in total. The molecule has 1 aromatic carbocycles. The Kier molecular flexibility index (Phi) is 4.97. The van der Waals surface area contributed by atoms with Gasteiger partial charge in [0.05, 0.1) is 6.61 Å². The van der Waals surface area contributed by atoms with E-state index < -0.39 is 12.0 Å². The molecule has 0 fully saturated rings. The third-order valence-corrected chi connectivity index (χ3v) is 2.36. The van der Waals surface area contributed by atoms with Gasteiger partial charge in [-0.1, -0.05) is 19.9 Å². The Balaban J connectivity index is 2.55. The number of carbonyl (C=O) groups is 1. The number of aromatic hydroxyl groups is 2. The van der Waals surface area contributed by atoms with Gasteiger partial charge in [0.25, 0.3) is 0 Å². The Morgan fingerprint density at radius 2 is 2.00 bits per heavy atom. The lowest BCUT2D eigenvalue weighted by atomic mass is 10.1. The van der Waals surface area contributed by atoms with Crippen molar-refractivity contribution in [2.75, 3.05) is 6.61 Å². The van der Waals surface area contributed by atoms with Gasteiger partial charge >= 0.3 is 5.97 Å². The predicted octanol–water partition coefficient (Wildman–Crippen LogP) is 1.17. The Morgan fingerprint density at radius 3 is 2.56 bits per heavy atom. The van der Waals surface area contributed by atoms with E-state index in [1.165, 1.54) is 12.1 Å². The van der Waals surface area contributed by atoms with Crippen molar-refractivity contribution in [1.29, 1.82) is 0 Å². The van der Waals surface area contributed by atoms with Crippen LogP contribution in [-0.4, -0.2) is 28.8 Å². The van der Waals surface area contributed by atoms with Crippen molar-refractivity contribution in [3.8, 4) is 11.5 Å². The van der Waals surface area contributed by atoms with Crippen LogP contribution in [-0.2, 0) is 16.0 Å². The van der Waals surface area contributed by atoms with Crippen molar-refractivity contribution in [3.63, 3.8) is 0 Å². The van der Waals surface area contributed by atoms with E-state index in [-0.39, 0.29) is 23.8 Å². The van der Waals surface area contributed by atoms with Crippen LogP contribution >= 0.6 is 0 Å². The van der Waals surface area contributed by atoms with Crippen molar-refractivity contribution in [2.45, 2.75) is 26.3 Å². The molecule has 0 saturated carbocycles. The van der Waals surface area contributed by atoms with Crippen molar-refractivity contribution in [1.82, 2.24) is 0 Å². The Hall–Kier alpha value is -1.75. The number of phenols is 2. The molecular formula is C13H19NO4. The van der Waals surface area contributed by atoms with Gasteiger partial charge in [0.2, 0.25) is 0 Å². The second-order valence-corrected chi connectivity index (χ2v) is 4.66. The van der Waals surface area contributed by atoms with Crippen LogP contribution in [0, 0.1) is 5.92 Å². The number of hydrogen-bond donors (Lipinski definition) is 3. The fourth-order valence-electron chi connectivity index (χ4n) is 1.39. The summed E-state index contributed by atoms with van der Waals surface area (Å²) in [4.78, 5) is 11.5. The summed E-state index contributed by atoms with van der Waals surface area (Å²) in [5, 5.41) is 18.5. The highest BCUT2D eigenvalue weighted by Gasteiger charge is 2.16. The fourth-order valence-corrected chi connectivity index (χ4v) is 1.39. The highest BCUT2D eigenvalue weighted by atomic mass is 16.5. The number of nitrogens with two attached hydrogens (primary N) is 1. The first-order valence-electron chi connectivity index (χ1n) is 5.83. The first kappa shape index (κ1) is 14.3. The number of carbonyl (C=O) groups excluding carboxylic acids is 1. The van der Waals surface area contributed by atoms with Gasteiger partial charge in [0.15, 0.2) is 11.5 Å². The Bertz CT molecular complexity index is 417. The molecule has 0 heterocycles. The van der Waals surface area contributed by atoms with Gasteiger partial charge in [-0.3, -0.25) is 4.79 Å². The van der Waals surface area contributed by atoms with E-state index in [0.29, 0.717) is 12.2 Å². The molecular weight excluding hydrogens is 234 g/mol. The number of ether oxygens (including phenoxy) is 1. The Morgan fingerprint density at radius 1 is 1.33 bits per heavy atom. The van der Waals surface area contributed by atoms with E-state index in [1.54, 1.807) is 6.07 Å². The van der Waals surface area contributed by atoms with Gasteiger partial charge in [-0.2, -0.15) is 0 Å². The van der Waals surface area contributed by atoms with Crippen LogP contribution in [0.25, 0.3) is 0 Å². The summed E-state index contributed by atoms with van der Waals surface area (Å²) in [7, 11) is 0. The topological polar surface area (TPSA) is 92.8 Å². The average molecular weight is 253 g/mol. The van der Waals surface area contributed by atoms with Gasteiger partial charge in [0, 0.05) is 0 Å². The summed E-state index contributed by atoms with van der Waals surface area (Å²) in [6.45, 7) is 4.22. The van der Waals surface area contributed by atoms with Crippen LogP contribution in [0.15, 0.2) is 18.2 Å². The number of esters is 1. The molecule has 100 valence electrons. The van der Waals surface area contributed by atoms with E-state index in [1.807, 2.05) is 13.8 Å². The van der Waals surface area contributed by atoms with Crippen molar-refractivity contribution in [2.24, 2.45) is 11.7 Å². The largest absolute Gasteiger partial charge is 0.504 e.